The summed E-state index contributed by atoms with van der Waals surface area (Å²) in [6.45, 7) is 1.67. The number of nitrogens with one attached hydrogen (secondary N) is 1. The van der Waals surface area contributed by atoms with Crippen LogP contribution in [0.3, 0.4) is 0 Å². The van der Waals surface area contributed by atoms with Crippen LogP contribution < -0.4 is 10.1 Å². The zero-order valence-electron chi connectivity index (χ0n) is 13.2. The number of para-hydroxylation sites is 1. The number of hydrogen-bond acceptors (Lipinski definition) is 6. The molecular formula is C17H19N5O2. The molecule has 3 rings (SSSR count). The van der Waals surface area contributed by atoms with Crippen LogP contribution in [0.2, 0.25) is 0 Å². The Morgan fingerprint density at radius 1 is 1.08 bits per heavy atom. The normalized spacial score (nSPS) is 10.7. The predicted octanol–water partition coefficient (Wildman–Crippen LogP) is 1.93. The van der Waals surface area contributed by atoms with Crippen LogP contribution in [0.1, 0.15) is 12.0 Å². The lowest BCUT2D eigenvalue weighted by atomic mass is 10.2. The Morgan fingerprint density at radius 3 is 2.79 bits per heavy atom. The number of ether oxygens (including phenoxy) is 1. The largest absolute Gasteiger partial charge is 0.423 e. The third-order valence-corrected chi connectivity index (χ3v) is 3.39. The Kier molecular flexibility index (Phi) is 5.49. The van der Waals surface area contributed by atoms with Gasteiger partial charge in [-0.05, 0) is 53.2 Å². The molecule has 7 nitrogen and oxygen atoms in total. The number of aromatic nitrogens is 4. The summed E-state index contributed by atoms with van der Waals surface area (Å²) >= 11 is 0. The molecule has 0 aliphatic rings. The molecule has 1 aromatic heterocycles. The number of nitrogens with zero attached hydrogens (tertiary/aromatic N) is 4. The van der Waals surface area contributed by atoms with E-state index in [9.17, 15) is 0 Å². The Bertz CT molecular complexity index is 760. The maximum Gasteiger partial charge on any atom is 0.345 e. The molecule has 0 atom stereocenters. The minimum Gasteiger partial charge on any atom is -0.423 e. The van der Waals surface area contributed by atoms with Gasteiger partial charge in [0.25, 0.3) is 0 Å². The third-order valence-electron chi connectivity index (χ3n) is 3.39. The van der Waals surface area contributed by atoms with Crippen LogP contribution in [0.5, 0.6) is 11.8 Å². The minimum absolute atomic E-state index is 0.193. The standard InChI is InChI=1S/C17H19N5O2/c23-11-5-10-18-13-14-6-4-9-16(12-14)24-17-19-20-21-22(17)15-7-2-1-3-8-15/h1-4,6-9,12,18,23H,5,10-11,13H2. The Labute approximate surface area is 139 Å². The molecule has 0 bridgehead atoms. The lowest BCUT2D eigenvalue weighted by Crippen LogP contribution is -2.15. The fraction of sp³-hybridized carbons (Fsp3) is 0.235. The number of aliphatic hydroxyl groups excluding tert-OH is 1. The second-order valence-electron chi connectivity index (χ2n) is 5.21. The Hall–Kier alpha value is -2.77. The van der Waals surface area contributed by atoms with Crippen molar-refractivity contribution in [2.75, 3.05) is 13.2 Å². The predicted molar refractivity (Wildman–Crippen MR) is 89.1 cm³/mol. The summed E-state index contributed by atoms with van der Waals surface area (Å²) in [6, 6.07) is 17.6. The van der Waals surface area contributed by atoms with E-state index in [4.69, 9.17) is 9.84 Å². The van der Waals surface area contributed by atoms with Crippen LogP contribution in [0.4, 0.5) is 0 Å². The number of hydrogen-bond donors (Lipinski definition) is 2. The molecule has 1 heterocycles. The fourth-order valence-electron chi connectivity index (χ4n) is 2.23. The maximum atomic E-state index is 8.79. The summed E-state index contributed by atoms with van der Waals surface area (Å²) in [5.41, 5.74) is 1.92. The van der Waals surface area contributed by atoms with Crippen molar-refractivity contribution in [2.45, 2.75) is 13.0 Å². The fourth-order valence-corrected chi connectivity index (χ4v) is 2.23. The zero-order chi connectivity index (χ0) is 16.6. The van der Waals surface area contributed by atoms with Gasteiger partial charge in [0.15, 0.2) is 0 Å². The molecule has 0 unspecified atom stereocenters. The van der Waals surface area contributed by atoms with Gasteiger partial charge in [-0.25, -0.2) is 0 Å². The van der Waals surface area contributed by atoms with E-state index in [2.05, 4.69) is 20.8 Å². The second-order valence-corrected chi connectivity index (χ2v) is 5.21. The first-order valence-corrected chi connectivity index (χ1v) is 7.79. The van der Waals surface area contributed by atoms with Crippen molar-refractivity contribution in [3.8, 4) is 17.4 Å². The van der Waals surface area contributed by atoms with Crippen molar-refractivity contribution in [1.82, 2.24) is 25.5 Å². The van der Waals surface area contributed by atoms with E-state index in [0.717, 1.165) is 24.2 Å². The molecule has 2 N–H and O–H groups in total. The van der Waals surface area contributed by atoms with E-state index in [0.29, 0.717) is 18.3 Å². The summed E-state index contributed by atoms with van der Waals surface area (Å²) in [6.07, 6.45) is 0.738. The Balaban J connectivity index is 1.70. The number of tetrazole rings is 1. The molecule has 0 amide bonds. The van der Waals surface area contributed by atoms with E-state index < -0.39 is 0 Å². The second kappa shape index (κ2) is 8.19. The van der Waals surface area contributed by atoms with Gasteiger partial charge in [0.2, 0.25) is 0 Å². The van der Waals surface area contributed by atoms with Gasteiger partial charge in [0.1, 0.15) is 5.75 Å². The zero-order valence-corrected chi connectivity index (χ0v) is 13.2. The summed E-state index contributed by atoms with van der Waals surface area (Å²) < 4.78 is 7.38. The highest BCUT2D eigenvalue weighted by molar-refractivity contribution is 5.34. The van der Waals surface area contributed by atoms with Gasteiger partial charge >= 0.3 is 6.01 Å². The molecule has 0 saturated heterocycles. The van der Waals surface area contributed by atoms with E-state index in [1.807, 2.05) is 54.6 Å². The summed E-state index contributed by atoms with van der Waals surface area (Å²) in [5, 5.41) is 23.7. The van der Waals surface area contributed by atoms with Crippen molar-refractivity contribution in [3.05, 3.63) is 60.2 Å². The van der Waals surface area contributed by atoms with Gasteiger partial charge in [-0.3, -0.25) is 0 Å². The van der Waals surface area contributed by atoms with Crippen LogP contribution in [0, 0.1) is 0 Å². The summed E-state index contributed by atoms with van der Waals surface area (Å²) in [7, 11) is 0. The van der Waals surface area contributed by atoms with E-state index >= 15 is 0 Å². The molecule has 7 heteroatoms. The van der Waals surface area contributed by atoms with Crippen molar-refractivity contribution in [3.63, 3.8) is 0 Å². The van der Waals surface area contributed by atoms with Crippen molar-refractivity contribution >= 4 is 0 Å². The van der Waals surface area contributed by atoms with Crippen molar-refractivity contribution in [1.29, 1.82) is 0 Å². The van der Waals surface area contributed by atoms with Gasteiger partial charge in [-0.15, -0.1) is 0 Å². The Morgan fingerprint density at radius 2 is 1.96 bits per heavy atom. The van der Waals surface area contributed by atoms with Gasteiger partial charge in [0.05, 0.1) is 5.69 Å². The molecule has 0 fully saturated rings. The monoisotopic (exact) mass is 325 g/mol. The van der Waals surface area contributed by atoms with Crippen molar-refractivity contribution < 1.29 is 9.84 Å². The van der Waals surface area contributed by atoms with Crippen LogP contribution in [0.25, 0.3) is 5.69 Å². The first kappa shape index (κ1) is 16.1. The SMILES string of the molecule is OCCCNCc1cccc(Oc2nnnn2-c2ccccc2)c1. The molecule has 3 aromatic rings. The molecule has 2 aromatic carbocycles. The molecule has 24 heavy (non-hydrogen) atoms. The van der Waals surface area contributed by atoms with Crippen LogP contribution >= 0.6 is 0 Å². The highest BCUT2D eigenvalue weighted by Crippen LogP contribution is 2.21. The number of benzene rings is 2. The van der Waals surface area contributed by atoms with Crippen LogP contribution in [-0.4, -0.2) is 38.5 Å². The van der Waals surface area contributed by atoms with Gasteiger partial charge < -0.3 is 15.2 Å². The highest BCUT2D eigenvalue weighted by Gasteiger charge is 2.10. The molecular weight excluding hydrogens is 306 g/mol. The smallest absolute Gasteiger partial charge is 0.345 e. The first-order valence-electron chi connectivity index (χ1n) is 7.79. The topological polar surface area (TPSA) is 85.1 Å². The lowest BCUT2D eigenvalue weighted by Gasteiger charge is -2.08. The number of aliphatic hydroxyl groups is 1. The average molecular weight is 325 g/mol. The molecule has 124 valence electrons. The van der Waals surface area contributed by atoms with Gasteiger partial charge in [-0.1, -0.05) is 35.4 Å². The quantitative estimate of drug-likeness (QED) is 0.616. The van der Waals surface area contributed by atoms with Crippen LogP contribution in [-0.2, 0) is 6.54 Å². The lowest BCUT2D eigenvalue weighted by molar-refractivity contribution is 0.286. The highest BCUT2D eigenvalue weighted by atomic mass is 16.5. The van der Waals surface area contributed by atoms with E-state index in [-0.39, 0.29) is 6.61 Å². The summed E-state index contributed by atoms with van der Waals surface area (Å²) in [5.74, 6) is 0.670. The van der Waals surface area contributed by atoms with Gasteiger partial charge in [-0.2, -0.15) is 4.68 Å². The van der Waals surface area contributed by atoms with E-state index in [1.54, 1.807) is 4.68 Å². The molecule has 0 aliphatic heterocycles. The average Bonchev–Trinajstić information content (AvgIpc) is 3.08. The third kappa shape index (κ3) is 4.15. The summed E-state index contributed by atoms with van der Waals surface area (Å²) in [4.78, 5) is 0. The van der Waals surface area contributed by atoms with Crippen LogP contribution in [0.15, 0.2) is 54.6 Å². The first-order chi connectivity index (χ1) is 11.9. The van der Waals surface area contributed by atoms with Gasteiger partial charge in [0, 0.05) is 13.2 Å². The van der Waals surface area contributed by atoms with Crippen molar-refractivity contribution in [2.24, 2.45) is 0 Å². The van der Waals surface area contributed by atoms with E-state index in [1.165, 1.54) is 0 Å². The molecule has 0 saturated carbocycles. The minimum atomic E-state index is 0.193. The number of rotatable bonds is 8. The maximum absolute atomic E-state index is 8.79. The molecule has 0 aliphatic carbocycles. The molecule has 0 spiro atoms. The molecule has 0 radical (unpaired) electrons.